The number of amides is 2. The molecule has 2 heterocycles. The predicted molar refractivity (Wildman–Crippen MR) is 284 cm³/mol. The number of carboxylic acid groups (broad SMARTS) is 1. The van der Waals surface area contributed by atoms with Crippen molar-refractivity contribution in [3.8, 4) is 0 Å². The third kappa shape index (κ3) is 19.0. The van der Waals surface area contributed by atoms with E-state index < -0.39 is 18.1 Å². The molecule has 356 valence electrons. The highest BCUT2D eigenvalue weighted by Crippen LogP contribution is 2.25. The van der Waals surface area contributed by atoms with Gasteiger partial charge in [0.15, 0.2) is 5.78 Å². The van der Waals surface area contributed by atoms with Crippen LogP contribution in [-0.4, -0.2) is 50.7 Å². The lowest BCUT2D eigenvalue weighted by Crippen LogP contribution is -2.43. The lowest BCUT2D eigenvalue weighted by Gasteiger charge is -2.18. The molecule has 2 atom stereocenters. The van der Waals surface area contributed by atoms with Crippen molar-refractivity contribution in [1.29, 1.82) is 0 Å². The van der Waals surface area contributed by atoms with E-state index in [4.69, 9.17) is 10.8 Å². The molecule has 8 aromatic rings. The smallest absolute Gasteiger partial charge is 0.354 e. The number of hydrogen-bond donors (Lipinski definition) is 4. The zero-order valence-electron chi connectivity index (χ0n) is 38.3. The maximum atomic E-state index is 13.2. The number of halogens is 1. The average Bonchev–Trinajstić information content (AvgIpc) is 3.40. The Balaban J connectivity index is 0.000000223. The number of Topliss-reactive ketones (excluding diaryl/α,β-unsaturated/α-hetero) is 1. The van der Waals surface area contributed by atoms with Crippen LogP contribution in [0.5, 0.6) is 0 Å². The van der Waals surface area contributed by atoms with Crippen LogP contribution in [0.15, 0.2) is 228 Å². The van der Waals surface area contributed by atoms with Crippen LogP contribution in [0.1, 0.15) is 48.8 Å². The first kappa shape index (κ1) is 53.6. The number of ketones is 1. The number of aromatic nitrogens is 2. The Morgan fingerprint density at radius 1 is 0.500 bits per heavy atom. The van der Waals surface area contributed by atoms with E-state index in [1.165, 1.54) is 28.3 Å². The molecule has 70 heavy (non-hydrogen) atoms. The number of aromatic carboxylic acids is 1. The molecule has 0 saturated heterocycles. The summed E-state index contributed by atoms with van der Waals surface area (Å²) < 4.78 is 0. The molecular formula is C57H54ClN5O5S2. The monoisotopic (exact) mass is 987 g/mol. The second-order valence-electron chi connectivity index (χ2n) is 15.6. The zero-order chi connectivity index (χ0) is 48.5. The molecule has 0 aliphatic heterocycles. The number of hydrogen-bond acceptors (Lipinski definition) is 9. The molecule has 0 saturated carbocycles. The predicted octanol–water partition coefficient (Wildman–Crippen LogP) is 11.2. The van der Waals surface area contributed by atoms with Crippen molar-refractivity contribution in [3.63, 3.8) is 0 Å². The highest BCUT2D eigenvalue weighted by atomic mass is 35.5. The minimum Gasteiger partial charge on any atom is -0.477 e. The maximum absolute atomic E-state index is 13.2. The zero-order valence-corrected chi connectivity index (χ0v) is 40.7. The molecule has 13 heteroatoms. The summed E-state index contributed by atoms with van der Waals surface area (Å²) in [7, 11) is 0. The number of carbonyl (C=O) groups excluding carboxylic acids is 3. The summed E-state index contributed by atoms with van der Waals surface area (Å²) in [6.45, 7) is 0. The first-order chi connectivity index (χ1) is 33.7. The van der Waals surface area contributed by atoms with Crippen molar-refractivity contribution < 1.29 is 24.3 Å². The lowest BCUT2D eigenvalue weighted by atomic mass is 9.97. The largest absolute Gasteiger partial charge is 0.477 e. The number of carboxylic acids is 1. The van der Waals surface area contributed by atoms with Crippen molar-refractivity contribution in [2.45, 2.75) is 52.6 Å². The van der Waals surface area contributed by atoms with Gasteiger partial charge in [0.25, 0.3) is 5.91 Å². The summed E-state index contributed by atoms with van der Waals surface area (Å²) in [4.78, 5) is 58.4. The SMILES string of the molecule is Cl.N[C@@H](Cc1ccccc1)C(=O)Nc1ccc(SCc2ccccc2)cc1.O=C(N[C@@H](Cc1ccccc1)C(=O)Cc1ccc(SCc2ccccc2)cc1)c1ccccn1.O=C(O)c1ccccn1. The molecule has 8 rings (SSSR count). The second-order valence-corrected chi connectivity index (χ2v) is 17.7. The molecule has 6 aromatic carbocycles. The van der Waals surface area contributed by atoms with E-state index in [9.17, 15) is 19.2 Å². The molecule has 0 bridgehead atoms. The first-order valence-electron chi connectivity index (χ1n) is 22.2. The number of carbonyl (C=O) groups is 4. The van der Waals surface area contributed by atoms with E-state index in [0.717, 1.165) is 38.8 Å². The van der Waals surface area contributed by atoms with Crippen LogP contribution in [-0.2, 0) is 40.4 Å². The molecule has 0 unspecified atom stereocenters. The Hall–Kier alpha value is -7.35. The number of pyridine rings is 2. The summed E-state index contributed by atoms with van der Waals surface area (Å²) in [6, 6.07) is 64.9. The number of thioether (sulfide) groups is 2. The van der Waals surface area contributed by atoms with Crippen molar-refractivity contribution in [3.05, 3.63) is 258 Å². The van der Waals surface area contributed by atoms with Gasteiger partial charge in [-0.05, 0) is 101 Å². The van der Waals surface area contributed by atoms with E-state index >= 15 is 0 Å². The van der Waals surface area contributed by atoms with Crippen LogP contribution in [0.2, 0.25) is 0 Å². The maximum Gasteiger partial charge on any atom is 0.354 e. The van der Waals surface area contributed by atoms with Gasteiger partial charge < -0.3 is 21.5 Å². The summed E-state index contributed by atoms with van der Waals surface area (Å²) in [5.41, 5.74) is 12.7. The van der Waals surface area contributed by atoms with Gasteiger partial charge in [-0.1, -0.05) is 146 Å². The fourth-order valence-electron chi connectivity index (χ4n) is 6.65. The average molecular weight is 989 g/mol. The number of anilines is 1. The molecular weight excluding hydrogens is 934 g/mol. The Bertz CT molecular complexity index is 2780. The molecule has 5 N–H and O–H groups in total. The second kappa shape index (κ2) is 29.5. The van der Waals surface area contributed by atoms with E-state index in [-0.39, 0.29) is 42.1 Å². The third-order valence-corrected chi connectivity index (χ3v) is 12.5. The number of nitrogens with one attached hydrogen (secondary N) is 2. The molecule has 2 amide bonds. The number of nitrogens with two attached hydrogens (primary N) is 1. The van der Waals surface area contributed by atoms with Gasteiger partial charge in [0.05, 0.1) is 12.1 Å². The van der Waals surface area contributed by atoms with Gasteiger partial charge in [-0.3, -0.25) is 19.4 Å². The van der Waals surface area contributed by atoms with Crippen molar-refractivity contribution in [2.24, 2.45) is 5.73 Å². The van der Waals surface area contributed by atoms with Crippen LogP contribution in [0.3, 0.4) is 0 Å². The number of benzene rings is 6. The van der Waals surface area contributed by atoms with E-state index in [1.807, 2.05) is 133 Å². The molecule has 0 aliphatic carbocycles. The van der Waals surface area contributed by atoms with Crippen LogP contribution >= 0.6 is 35.9 Å². The van der Waals surface area contributed by atoms with Crippen molar-refractivity contribution >= 4 is 65.2 Å². The highest BCUT2D eigenvalue weighted by Gasteiger charge is 2.23. The molecule has 2 aromatic heterocycles. The van der Waals surface area contributed by atoms with Gasteiger partial charge in [-0.25, -0.2) is 9.78 Å². The van der Waals surface area contributed by atoms with Crippen LogP contribution in [0, 0.1) is 0 Å². The highest BCUT2D eigenvalue weighted by molar-refractivity contribution is 7.98. The van der Waals surface area contributed by atoms with Gasteiger partial charge in [0.2, 0.25) is 5.91 Å². The Morgan fingerprint density at radius 3 is 1.37 bits per heavy atom. The first-order valence-corrected chi connectivity index (χ1v) is 24.2. The fourth-order valence-corrected chi connectivity index (χ4v) is 8.36. The minimum atomic E-state index is -0.990. The Labute approximate surface area is 424 Å². The van der Waals surface area contributed by atoms with Gasteiger partial charge in [0.1, 0.15) is 11.4 Å². The topological polar surface area (TPSA) is 164 Å². The summed E-state index contributed by atoms with van der Waals surface area (Å²) >= 11 is 3.54. The third-order valence-electron chi connectivity index (χ3n) is 10.3. The van der Waals surface area contributed by atoms with Crippen LogP contribution in [0.4, 0.5) is 5.69 Å². The molecule has 0 radical (unpaired) electrons. The van der Waals surface area contributed by atoms with Crippen molar-refractivity contribution in [1.82, 2.24) is 15.3 Å². The minimum absolute atomic E-state index is 0. The summed E-state index contributed by atoms with van der Waals surface area (Å²) in [5.74, 6) is 0.293. The van der Waals surface area contributed by atoms with E-state index in [1.54, 1.807) is 60.1 Å². The van der Waals surface area contributed by atoms with Gasteiger partial charge >= 0.3 is 5.97 Å². The lowest BCUT2D eigenvalue weighted by molar-refractivity contribution is -0.120. The molecule has 10 nitrogen and oxygen atoms in total. The molecule has 0 aliphatic rings. The number of rotatable bonds is 18. The van der Waals surface area contributed by atoms with Crippen molar-refractivity contribution in [2.75, 3.05) is 5.32 Å². The van der Waals surface area contributed by atoms with Crippen LogP contribution in [0.25, 0.3) is 0 Å². The quantitative estimate of drug-likeness (QED) is 0.0608. The normalized spacial score (nSPS) is 11.1. The van der Waals surface area contributed by atoms with E-state index in [2.05, 4.69) is 57.0 Å². The summed E-state index contributed by atoms with van der Waals surface area (Å²) in [5, 5.41) is 14.1. The molecule has 0 spiro atoms. The van der Waals surface area contributed by atoms with E-state index in [0.29, 0.717) is 18.5 Å². The van der Waals surface area contributed by atoms with Gasteiger partial charge in [-0.15, -0.1) is 35.9 Å². The fraction of sp³-hybridized carbons (Fsp3) is 0.123. The Kier molecular flexibility index (Phi) is 22.6. The van der Waals surface area contributed by atoms with Crippen LogP contribution < -0.4 is 16.4 Å². The van der Waals surface area contributed by atoms with Gasteiger partial charge in [-0.2, -0.15) is 0 Å². The summed E-state index contributed by atoms with van der Waals surface area (Å²) in [6.07, 6.45) is 4.23. The molecule has 0 fully saturated rings. The Morgan fingerprint density at radius 2 is 0.929 bits per heavy atom. The standard InChI is InChI=1S/C29H26N2O2S.C22H22N2OS.C6H5NO2.ClH/c32-28(20-23-14-16-25(17-15-23)34-21-24-11-5-2-6-12-24)27(19-22-9-3-1-4-10-22)31-29(33)26-13-7-8-18-30-26;23-21(15-17-7-3-1-4-8-17)22(25)24-19-11-13-20(14-12-19)26-16-18-9-5-2-6-10-18;8-6(9)5-3-1-2-4-7-5;/h1-18,27H,19-21H2,(H,31,33);1-14,21H,15-16,23H2,(H,24,25);1-4H,(H,8,9);1H/t27-;21-;;/m00../s1. The van der Waals surface area contributed by atoms with Gasteiger partial charge in [0, 0.05) is 45.8 Å². The number of nitrogens with zero attached hydrogens (tertiary/aromatic N) is 2.